The molecule has 0 radical (unpaired) electrons. The molecule has 1 aromatic rings. The largest absolute Gasteiger partial charge is 0.491 e. The van der Waals surface area contributed by atoms with Crippen LogP contribution >= 0.6 is 0 Å². The molecule has 0 bridgehead atoms. The topological polar surface area (TPSA) is 77.1 Å². The van der Waals surface area contributed by atoms with Crippen LogP contribution in [0.2, 0.25) is 0 Å². The molecule has 21 heavy (non-hydrogen) atoms. The van der Waals surface area contributed by atoms with Crippen molar-refractivity contribution in [3.63, 3.8) is 0 Å². The highest BCUT2D eigenvalue weighted by atomic mass is 16.6. The molecule has 1 heterocycles. The van der Waals surface area contributed by atoms with Crippen LogP contribution < -0.4 is 10.5 Å². The molecule has 5 heteroatoms. The van der Waals surface area contributed by atoms with Crippen LogP contribution in [0.15, 0.2) is 29.4 Å². The van der Waals surface area contributed by atoms with E-state index in [0.717, 1.165) is 18.6 Å². The lowest BCUT2D eigenvalue weighted by Gasteiger charge is -2.23. The van der Waals surface area contributed by atoms with Gasteiger partial charge in [-0.1, -0.05) is 30.1 Å². The van der Waals surface area contributed by atoms with Crippen LogP contribution in [-0.2, 0) is 4.74 Å². The molecule has 3 N–H and O–H groups in total. The highest BCUT2D eigenvalue weighted by Crippen LogP contribution is 2.43. The van der Waals surface area contributed by atoms with Gasteiger partial charge in [0, 0.05) is 5.56 Å². The maximum Gasteiger partial charge on any atom is 0.170 e. The predicted octanol–water partition coefficient (Wildman–Crippen LogP) is 2.65. The smallest absolute Gasteiger partial charge is 0.170 e. The van der Waals surface area contributed by atoms with Crippen molar-refractivity contribution in [3.8, 4) is 5.75 Å². The molecule has 1 saturated heterocycles. The van der Waals surface area contributed by atoms with E-state index < -0.39 is 0 Å². The first-order valence-corrected chi connectivity index (χ1v) is 7.59. The van der Waals surface area contributed by atoms with Crippen molar-refractivity contribution in [2.24, 2.45) is 10.9 Å². The van der Waals surface area contributed by atoms with E-state index in [1.165, 1.54) is 25.7 Å². The van der Waals surface area contributed by atoms with E-state index in [1.807, 2.05) is 12.1 Å². The van der Waals surface area contributed by atoms with Gasteiger partial charge in [0.2, 0.25) is 0 Å². The summed E-state index contributed by atoms with van der Waals surface area (Å²) in [5.41, 5.74) is 6.37. The Labute approximate surface area is 124 Å². The zero-order valence-corrected chi connectivity index (χ0v) is 12.1. The Morgan fingerprint density at radius 2 is 2.19 bits per heavy atom. The monoisotopic (exact) mass is 290 g/mol. The molecule has 1 spiro atoms. The fourth-order valence-corrected chi connectivity index (χ4v) is 3.39. The summed E-state index contributed by atoms with van der Waals surface area (Å²) in [6.45, 7) is 0.557. The Bertz CT molecular complexity index is 524. The van der Waals surface area contributed by atoms with Crippen molar-refractivity contribution < 1.29 is 14.7 Å². The van der Waals surface area contributed by atoms with Crippen LogP contribution in [0.1, 0.15) is 44.1 Å². The summed E-state index contributed by atoms with van der Waals surface area (Å²) in [4.78, 5) is 0. The molecular weight excluding hydrogens is 268 g/mol. The van der Waals surface area contributed by atoms with Gasteiger partial charge in [0.05, 0.1) is 11.7 Å². The lowest BCUT2D eigenvalue weighted by Crippen LogP contribution is -2.27. The van der Waals surface area contributed by atoms with E-state index in [4.69, 9.17) is 20.4 Å². The Kier molecular flexibility index (Phi) is 4.01. The molecule has 1 atom stereocenters. The van der Waals surface area contributed by atoms with E-state index in [2.05, 4.69) is 5.16 Å². The normalized spacial score (nSPS) is 24.6. The SMILES string of the molecule is N/C(=N/O)c1cccc(OCC2CCC3(CCCC3)O2)c1. The van der Waals surface area contributed by atoms with E-state index >= 15 is 0 Å². The Hall–Kier alpha value is -1.75. The van der Waals surface area contributed by atoms with Gasteiger partial charge in [0.25, 0.3) is 0 Å². The summed E-state index contributed by atoms with van der Waals surface area (Å²) in [6, 6.07) is 7.25. The van der Waals surface area contributed by atoms with Crippen molar-refractivity contribution in [3.05, 3.63) is 29.8 Å². The molecule has 1 aliphatic heterocycles. The first-order valence-electron chi connectivity index (χ1n) is 7.59. The molecule has 3 rings (SSSR count). The molecule has 0 amide bonds. The number of oxime groups is 1. The van der Waals surface area contributed by atoms with Crippen LogP contribution in [0.25, 0.3) is 0 Å². The first-order chi connectivity index (χ1) is 10.2. The number of nitrogens with zero attached hydrogens (tertiary/aromatic N) is 1. The Morgan fingerprint density at radius 1 is 1.38 bits per heavy atom. The highest BCUT2D eigenvalue weighted by Gasteiger charge is 2.42. The summed E-state index contributed by atoms with van der Waals surface area (Å²) in [7, 11) is 0. The fraction of sp³-hybridized carbons (Fsp3) is 0.562. The van der Waals surface area contributed by atoms with Crippen LogP contribution in [0.4, 0.5) is 0 Å². The summed E-state index contributed by atoms with van der Waals surface area (Å²) in [5, 5.41) is 11.7. The summed E-state index contributed by atoms with van der Waals surface area (Å²) >= 11 is 0. The minimum atomic E-state index is 0.0856. The third-order valence-corrected chi connectivity index (χ3v) is 4.53. The minimum Gasteiger partial charge on any atom is -0.491 e. The maximum atomic E-state index is 8.70. The van der Waals surface area contributed by atoms with Gasteiger partial charge in [-0.2, -0.15) is 0 Å². The van der Waals surface area contributed by atoms with Crippen LogP contribution in [-0.4, -0.2) is 29.4 Å². The third kappa shape index (κ3) is 3.13. The average molecular weight is 290 g/mol. The van der Waals surface area contributed by atoms with E-state index in [0.29, 0.717) is 12.2 Å². The molecular formula is C16H22N2O3. The molecule has 1 saturated carbocycles. The number of hydrogen-bond acceptors (Lipinski definition) is 4. The first kappa shape index (κ1) is 14.2. The fourth-order valence-electron chi connectivity index (χ4n) is 3.39. The van der Waals surface area contributed by atoms with E-state index in [-0.39, 0.29) is 17.5 Å². The third-order valence-electron chi connectivity index (χ3n) is 4.53. The molecule has 1 unspecified atom stereocenters. The zero-order valence-electron chi connectivity index (χ0n) is 12.1. The van der Waals surface area contributed by atoms with Gasteiger partial charge < -0.3 is 20.4 Å². The molecule has 2 fully saturated rings. The van der Waals surface area contributed by atoms with Crippen molar-refractivity contribution >= 4 is 5.84 Å². The number of rotatable bonds is 4. The predicted molar refractivity (Wildman–Crippen MR) is 79.8 cm³/mol. The van der Waals surface area contributed by atoms with Gasteiger partial charge in [-0.3, -0.25) is 0 Å². The van der Waals surface area contributed by atoms with Crippen LogP contribution in [0.3, 0.4) is 0 Å². The van der Waals surface area contributed by atoms with Gasteiger partial charge in [-0.25, -0.2) is 0 Å². The Morgan fingerprint density at radius 3 is 2.95 bits per heavy atom. The molecule has 1 aliphatic carbocycles. The van der Waals surface area contributed by atoms with Crippen molar-refractivity contribution in [1.29, 1.82) is 0 Å². The van der Waals surface area contributed by atoms with Crippen molar-refractivity contribution in [2.45, 2.75) is 50.2 Å². The standard InChI is InChI=1S/C16H22N2O3/c17-15(18-19)12-4-3-5-13(10-12)20-11-14-6-9-16(21-14)7-1-2-8-16/h3-5,10,14,19H,1-2,6-9,11H2,(H2,17,18). The molecule has 114 valence electrons. The number of hydrogen-bond donors (Lipinski definition) is 2. The van der Waals surface area contributed by atoms with E-state index in [1.54, 1.807) is 12.1 Å². The lowest BCUT2D eigenvalue weighted by molar-refractivity contribution is -0.0508. The Balaban J connectivity index is 1.56. The maximum absolute atomic E-state index is 8.70. The van der Waals surface area contributed by atoms with E-state index in [9.17, 15) is 0 Å². The molecule has 2 aliphatic rings. The van der Waals surface area contributed by atoms with Crippen LogP contribution in [0.5, 0.6) is 5.75 Å². The van der Waals surface area contributed by atoms with Crippen molar-refractivity contribution in [1.82, 2.24) is 0 Å². The number of amidine groups is 1. The average Bonchev–Trinajstić information content (AvgIpc) is 3.15. The van der Waals surface area contributed by atoms with Crippen LogP contribution in [0, 0.1) is 0 Å². The summed E-state index contributed by atoms with van der Waals surface area (Å²) < 4.78 is 12.0. The van der Waals surface area contributed by atoms with Gasteiger partial charge in [-0.15, -0.1) is 0 Å². The highest BCUT2D eigenvalue weighted by molar-refractivity contribution is 5.97. The second-order valence-electron chi connectivity index (χ2n) is 5.99. The van der Waals surface area contributed by atoms with Crippen molar-refractivity contribution in [2.75, 3.05) is 6.61 Å². The van der Waals surface area contributed by atoms with Gasteiger partial charge in [0.1, 0.15) is 12.4 Å². The molecule has 1 aromatic carbocycles. The van der Waals surface area contributed by atoms with Gasteiger partial charge in [-0.05, 0) is 37.8 Å². The molecule has 5 nitrogen and oxygen atoms in total. The quantitative estimate of drug-likeness (QED) is 0.387. The van der Waals surface area contributed by atoms with Gasteiger partial charge >= 0.3 is 0 Å². The number of ether oxygens (including phenoxy) is 2. The molecule has 0 aromatic heterocycles. The number of nitrogens with two attached hydrogens (primary N) is 1. The second-order valence-corrected chi connectivity index (χ2v) is 5.99. The number of benzene rings is 1. The minimum absolute atomic E-state index is 0.0856. The lowest BCUT2D eigenvalue weighted by atomic mass is 9.98. The van der Waals surface area contributed by atoms with Gasteiger partial charge in [0.15, 0.2) is 5.84 Å². The zero-order chi connectivity index (χ0) is 14.7. The second kappa shape index (κ2) is 5.93. The summed E-state index contributed by atoms with van der Waals surface area (Å²) in [5.74, 6) is 0.803. The summed E-state index contributed by atoms with van der Waals surface area (Å²) in [6.07, 6.45) is 7.37.